The van der Waals surface area contributed by atoms with Crippen molar-refractivity contribution >= 4 is 47.7 Å². The van der Waals surface area contributed by atoms with Crippen LogP contribution in [0.5, 0.6) is 0 Å². The molecule has 2 aliphatic heterocycles. The molecule has 46 heavy (non-hydrogen) atoms. The summed E-state index contributed by atoms with van der Waals surface area (Å²) in [6, 6.07) is 9.83. The molecule has 0 bridgehead atoms. The van der Waals surface area contributed by atoms with Crippen LogP contribution < -0.4 is 9.44 Å². The zero-order valence-electron chi connectivity index (χ0n) is 25.2. The van der Waals surface area contributed by atoms with Crippen LogP contribution in [0.4, 0.5) is 0 Å². The van der Waals surface area contributed by atoms with Crippen molar-refractivity contribution in [3.8, 4) is 0 Å². The fourth-order valence-corrected chi connectivity index (χ4v) is 10.3. The molecule has 0 unspecified atom stereocenters. The summed E-state index contributed by atoms with van der Waals surface area (Å²) in [5, 5.41) is 0. The van der Waals surface area contributed by atoms with E-state index in [1.807, 2.05) is 0 Å². The first-order valence-electron chi connectivity index (χ1n) is 12.7. The zero-order valence-corrected chi connectivity index (χ0v) is 28.6. The van der Waals surface area contributed by atoms with E-state index in [-0.39, 0.29) is 11.1 Å². The molecule has 4 atom stereocenters. The van der Waals surface area contributed by atoms with Gasteiger partial charge in [-0.15, -0.1) is 0 Å². The maximum atomic E-state index is 12.5. The van der Waals surface area contributed by atoms with Gasteiger partial charge in [-0.1, -0.05) is 24.3 Å². The molecular weight excluding hydrogens is 698 g/mol. The third kappa shape index (κ3) is 8.46. The van der Waals surface area contributed by atoms with Gasteiger partial charge in [-0.3, -0.25) is 9.13 Å². The molecule has 0 amide bonds. The monoisotopic (exact) mass is 730 g/mol. The first-order valence-corrected chi connectivity index (χ1v) is 18.8. The minimum absolute atomic E-state index is 0.288. The number of hydrogen-bond acceptors (Lipinski definition) is 16. The Morgan fingerprint density at radius 1 is 0.587 bits per heavy atom. The van der Waals surface area contributed by atoms with Crippen molar-refractivity contribution in [3.05, 3.63) is 70.8 Å². The van der Waals surface area contributed by atoms with Gasteiger partial charge in [-0.2, -0.15) is 26.3 Å². The smallest absolute Gasteiger partial charge is 0.362 e. The minimum Gasteiger partial charge on any atom is -0.465 e. The first-order chi connectivity index (χ1) is 21.5. The lowest BCUT2D eigenvalue weighted by Crippen LogP contribution is -2.24. The molecule has 2 aromatic rings. The van der Waals surface area contributed by atoms with E-state index in [1.165, 1.54) is 62.8 Å². The normalized spacial score (nSPS) is 23.6. The number of methoxy groups -OCH3 is 2. The zero-order chi connectivity index (χ0) is 34.5. The number of hydrogen-bond donors (Lipinski definition) is 2. The molecule has 0 aromatic heterocycles. The van der Waals surface area contributed by atoms with E-state index < -0.39 is 71.5 Å². The Balaban J connectivity index is 0.000000250. The predicted octanol–water partition coefficient (Wildman–Crippen LogP) is 2.38. The van der Waals surface area contributed by atoms with Gasteiger partial charge < -0.3 is 27.6 Å². The van der Waals surface area contributed by atoms with Crippen LogP contribution in [-0.2, 0) is 65.7 Å². The van der Waals surface area contributed by atoms with Gasteiger partial charge in [0.25, 0.3) is 0 Å². The molecule has 2 aromatic carbocycles. The predicted molar refractivity (Wildman–Crippen MR) is 158 cm³/mol. The number of ether oxygens (including phenoxy) is 2. The SMILES string of the molecule is COC(=O)c1ccc([C@@H]2NS(=O)(=O)O[C@@H]2P(=O)(OC)OC)cc1.COC(=O)c1ccc([C@@H]2NS(=O)(=O)O[C@@H]2P(=O)(OC)OC)cc1. The highest BCUT2D eigenvalue weighted by molar-refractivity contribution is 7.85. The molecule has 22 heteroatoms. The molecule has 0 saturated carbocycles. The van der Waals surface area contributed by atoms with Gasteiger partial charge in [0.1, 0.15) is 0 Å². The molecule has 0 radical (unpaired) electrons. The lowest BCUT2D eigenvalue weighted by Gasteiger charge is -2.23. The largest absolute Gasteiger partial charge is 0.465 e. The van der Waals surface area contributed by atoms with Gasteiger partial charge in [0.15, 0.2) is 11.7 Å². The maximum Gasteiger partial charge on any atom is 0.362 e. The topological polar surface area (TPSA) is 234 Å². The Bertz CT molecular complexity index is 1580. The number of nitrogens with one attached hydrogen (secondary N) is 2. The molecule has 2 heterocycles. The second-order valence-corrected chi connectivity index (χ2v) is 16.4. The Hall–Kier alpha value is -2.58. The number of carbonyl (C=O) groups excluding carboxylic acids is 2. The van der Waals surface area contributed by atoms with E-state index in [0.29, 0.717) is 11.1 Å². The number of rotatable bonds is 10. The number of benzene rings is 2. The molecule has 2 fully saturated rings. The quantitative estimate of drug-likeness (QED) is 0.264. The third-order valence-corrected chi connectivity index (χ3v) is 13.0. The molecule has 2 aliphatic rings. The lowest BCUT2D eigenvalue weighted by molar-refractivity contribution is 0.0592. The summed E-state index contributed by atoms with van der Waals surface area (Å²) in [4.78, 5) is 22.8. The van der Waals surface area contributed by atoms with Crippen LogP contribution in [0.15, 0.2) is 48.5 Å². The number of carbonyl (C=O) groups is 2. The van der Waals surface area contributed by atoms with Gasteiger partial charge >= 0.3 is 47.7 Å². The maximum absolute atomic E-state index is 12.5. The third-order valence-electron chi connectivity index (χ3n) is 6.59. The highest BCUT2D eigenvalue weighted by Crippen LogP contribution is 2.59. The van der Waals surface area contributed by atoms with E-state index in [4.69, 9.17) is 26.5 Å². The van der Waals surface area contributed by atoms with E-state index in [9.17, 15) is 35.6 Å². The summed E-state index contributed by atoms with van der Waals surface area (Å²) in [5.74, 6) is -3.83. The van der Waals surface area contributed by atoms with Gasteiger partial charge in [-0.25, -0.2) is 18.0 Å². The summed E-state index contributed by atoms with van der Waals surface area (Å²) in [6.07, 6.45) is 0. The standard InChI is InChI=1S/2C12H16NO8PS/c2*1-18-11(14)9-6-4-8(5-7-9)10-12(21-23(16,17)13-10)22(15,19-2)20-3/h2*4-7,10,12-13H,1-3H3/t2*10-,12+/m00/s1. The average molecular weight is 731 g/mol. The van der Waals surface area contributed by atoms with Crippen LogP contribution in [0.2, 0.25) is 0 Å². The van der Waals surface area contributed by atoms with Crippen molar-refractivity contribution in [2.24, 2.45) is 0 Å². The van der Waals surface area contributed by atoms with Crippen LogP contribution >= 0.6 is 15.2 Å². The fraction of sp³-hybridized carbons (Fsp3) is 0.417. The fourth-order valence-electron chi connectivity index (χ4n) is 4.24. The Morgan fingerprint density at radius 3 is 1.11 bits per heavy atom. The summed E-state index contributed by atoms with van der Waals surface area (Å²) < 4.78 is 114. The molecule has 18 nitrogen and oxygen atoms in total. The average Bonchev–Trinajstić information content (AvgIpc) is 3.59. The molecule has 2 N–H and O–H groups in total. The van der Waals surface area contributed by atoms with Crippen LogP contribution in [-0.4, -0.2) is 83.1 Å². The van der Waals surface area contributed by atoms with Crippen LogP contribution in [0, 0.1) is 0 Å². The molecule has 4 rings (SSSR count). The Morgan fingerprint density at radius 2 is 0.870 bits per heavy atom. The van der Waals surface area contributed by atoms with E-state index in [1.54, 1.807) is 0 Å². The van der Waals surface area contributed by atoms with Gasteiger partial charge in [0, 0.05) is 28.4 Å². The Labute approximate surface area is 265 Å². The molecule has 2 saturated heterocycles. The van der Waals surface area contributed by atoms with Crippen molar-refractivity contribution < 1.29 is 71.5 Å². The van der Waals surface area contributed by atoms with Gasteiger partial charge in [-0.05, 0) is 35.4 Å². The number of esters is 2. The molecule has 256 valence electrons. The van der Waals surface area contributed by atoms with Gasteiger partial charge in [0.05, 0.1) is 37.4 Å². The second-order valence-electron chi connectivity index (χ2n) is 9.11. The first kappa shape index (κ1) is 37.9. The molecule has 0 spiro atoms. The lowest BCUT2D eigenvalue weighted by atomic mass is 10.1. The molecule has 0 aliphatic carbocycles. The van der Waals surface area contributed by atoms with Crippen molar-refractivity contribution in [2.75, 3.05) is 42.7 Å². The van der Waals surface area contributed by atoms with E-state index >= 15 is 0 Å². The minimum atomic E-state index is -4.10. The highest BCUT2D eigenvalue weighted by atomic mass is 32.2. The van der Waals surface area contributed by atoms with Crippen molar-refractivity contribution in [3.63, 3.8) is 0 Å². The molecular formula is C24H32N2O16P2S2. The second kappa shape index (κ2) is 15.1. The summed E-state index contributed by atoms with van der Waals surface area (Å²) in [6.45, 7) is 0. The van der Waals surface area contributed by atoms with Crippen molar-refractivity contribution in [2.45, 2.75) is 23.8 Å². The van der Waals surface area contributed by atoms with Crippen LogP contribution in [0.1, 0.15) is 43.9 Å². The van der Waals surface area contributed by atoms with Crippen molar-refractivity contribution in [1.29, 1.82) is 0 Å². The van der Waals surface area contributed by atoms with Crippen LogP contribution in [0.3, 0.4) is 0 Å². The Kier molecular flexibility index (Phi) is 12.4. The van der Waals surface area contributed by atoms with E-state index in [2.05, 4.69) is 18.9 Å². The summed E-state index contributed by atoms with van der Waals surface area (Å²) >= 11 is 0. The summed E-state index contributed by atoms with van der Waals surface area (Å²) in [7, 11) is -8.81. The highest BCUT2D eigenvalue weighted by Gasteiger charge is 2.52. The van der Waals surface area contributed by atoms with Crippen LogP contribution in [0.25, 0.3) is 0 Å². The van der Waals surface area contributed by atoms with Gasteiger partial charge in [0.2, 0.25) is 0 Å². The van der Waals surface area contributed by atoms with E-state index in [0.717, 1.165) is 28.4 Å². The van der Waals surface area contributed by atoms with Crippen molar-refractivity contribution in [1.82, 2.24) is 9.44 Å². The summed E-state index contributed by atoms with van der Waals surface area (Å²) in [5.41, 5.74) is 1.43.